The molecule has 1 aromatic carbocycles. The van der Waals surface area contributed by atoms with Crippen LogP contribution in [0.5, 0.6) is 0 Å². The number of rotatable bonds is 3. The van der Waals surface area contributed by atoms with Crippen molar-refractivity contribution in [1.29, 1.82) is 0 Å². The van der Waals surface area contributed by atoms with Gasteiger partial charge in [-0.05, 0) is 12.0 Å². The standard InChI is InChI=1S/C10H12N4S.ClH/c1-2-7-5-3-4-6-8(7)9-13-14-10(12-11)15-9;/h3-6H,2,11H2,1H3,(H,12,14);1H. The minimum absolute atomic E-state index is 0. The average Bonchev–Trinajstić information content (AvgIpc) is 2.77. The second kappa shape index (κ2) is 5.79. The summed E-state index contributed by atoms with van der Waals surface area (Å²) in [6, 6.07) is 8.20. The number of aromatic nitrogens is 2. The Hall–Kier alpha value is -1.17. The Morgan fingerprint density at radius 1 is 1.31 bits per heavy atom. The molecule has 0 aliphatic heterocycles. The fraction of sp³-hybridized carbons (Fsp3) is 0.200. The molecule has 86 valence electrons. The highest BCUT2D eigenvalue weighted by Gasteiger charge is 2.08. The third-order valence-corrected chi connectivity index (χ3v) is 3.06. The number of aryl methyl sites for hydroxylation is 1. The van der Waals surface area contributed by atoms with E-state index < -0.39 is 0 Å². The van der Waals surface area contributed by atoms with Gasteiger partial charge in [0.05, 0.1) is 0 Å². The summed E-state index contributed by atoms with van der Waals surface area (Å²) >= 11 is 1.46. The SMILES string of the molecule is CCc1ccccc1-c1nnc(NN)s1.Cl. The Morgan fingerprint density at radius 3 is 2.69 bits per heavy atom. The van der Waals surface area contributed by atoms with Crippen molar-refractivity contribution in [3.05, 3.63) is 29.8 Å². The molecule has 0 saturated heterocycles. The Morgan fingerprint density at radius 2 is 2.06 bits per heavy atom. The molecule has 1 aromatic heterocycles. The van der Waals surface area contributed by atoms with Gasteiger partial charge in [0.15, 0.2) is 0 Å². The number of halogens is 1. The molecule has 0 bridgehead atoms. The molecule has 3 N–H and O–H groups in total. The van der Waals surface area contributed by atoms with E-state index in [9.17, 15) is 0 Å². The van der Waals surface area contributed by atoms with Crippen molar-refractivity contribution in [2.24, 2.45) is 5.84 Å². The summed E-state index contributed by atoms with van der Waals surface area (Å²) in [5.74, 6) is 5.27. The molecule has 4 nitrogen and oxygen atoms in total. The summed E-state index contributed by atoms with van der Waals surface area (Å²) in [5, 5.41) is 9.55. The van der Waals surface area contributed by atoms with Crippen molar-refractivity contribution in [1.82, 2.24) is 10.2 Å². The van der Waals surface area contributed by atoms with Crippen molar-refractivity contribution in [2.45, 2.75) is 13.3 Å². The molecule has 0 saturated carbocycles. The lowest BCUT2D eigenvalue weighted by Crippen LogP contribution is -2.05. The molecule has 0 amide bonds. The third-order valence-electron chi connectivity index (χ3n) is 2.18. The summed E-state index contributed by atoms with van der Waals surface area (Å²) < 4.78 is 0. The van der Waals surface area contributed by atoms with E-state index in [1.807, 2.05) is 12.1 Å². The lowest BCUT2D eigenvalue weighted by molar-refractivity contribution is 1.07. The lowest BCUT2D eigenvalue weighted by atomic mass is 10.1. The van der Waals surface area contributed by atoms with Gasteiger partial charge in [0, 0.05) is 5.56 Å². The van der Waals surface area contributed by atoms with Gasteiger partial charge in [0.2, 0.25) is 5.13 Å². The first kappa shape index (κ1) is 12.9. The topological polar surface area (TPSA) is 63.8 Å². The van der Waals surface area contributed by atoms with Crippen LogP contribution in [0, 0.1) is 0 Å². The molecular weight excluding hydrogens is 244 g/mol. The van der Waals surface area contributed by atoms with Gasteiger partial charge in [-0.1, -0.05) is 42.5 Å². The van der Waals surface area contributed by atoms with Gasteiger partial charge in [-0.25, -0.2) is 5.84 Å². The molecule has 0 aliphatic rings. The van der Waals surface area contributed by atoms with Crippen molar-refractivity contribution >= 4 is 28.9 Å². The second-order valence-corrected chi connectivity index (χ2v) is 4.04. The monoisotopic (exact) mass is 256 g/mol. The first-order chi connectivity index (χ1) is 7.35. The fourth-order valence-electron chi connectivity index (χ4n) is 1.43. The zero-order chi connectivity index (χ0) is 10.7. The van der Waals surface area contributed by atoms with Crippen molar-refractivity contribution in [3.63, 3.8) is 0 Å². The molecule has 0 radical (unpaired) electrons. The second-order valence-electron chi connectivity index (χ2n) is 3.07. The fourth-order valence-corrected chi connectivity index (χ4v) is 2.14. The molecule has 6 heteroatoms. The maximum atomic E-state index is 5.27. The predicted octanol–water partition coefficient (Wildman–Crippen LogP) is 2.47. The zero-order valence-electron chi connectivity index (χ0n) is 8.80. The van der Waals surface area contributed by atoms with Crippen LogP contribution in [-0.4, -0.2) is 10.2 Å². The Labute approximate surface area is 104 Å². The van der Waals surface area contributed by atoms with E-state index in [1.165, 1.54) is 16.9 Å². The van der Waals surface area contributed by atoms with Crippen LogP contribution in [0.4, 0.5) is 5.13 Å². The molecule has 2 aromatic rings. The first-order valence-corrected chi connectivity index (χ1v) is 5.55. The summed E-state index contributed by atoms with van der Waals surface area (Å²) in [6.45, 7) is 2.13. The van der Waals surface area contributed by atoms with Gasteiger partial charge in [-0.3, -0.25) is 5.43 Å². The normalized spacial score (nSPS) is 9.62. The molecule has 0 atom stereocenters. The smallest absolute Gasteiger partial charge is 0.220 e. The average molecular weight is 257 g/mol. The number of hydrogen-bond donors (Lipinski definition) is 2. The third kappa shape index (κ3) is 2.49. The summed E-state index contributed by atoms with van der Waals surface area (Å²) in [4.78, 5) is 0. The highest BCUT2D eigenvalue weighted by molar-refractivity contribution is 7.18. The molecule has 1 heterocycles. The number of anilines is 1. The van der Waals surface area contributed by atoms with E-state index in [0.29, 0.717) is 5.13 Å². The number of nitrogen functional groups attached to an aromatic ring is 1. The number of benzene rings is 1. The van der Waals surface area contributed by atoms with Crippen LogP contribution < -0.4 is 11.3 Å². The number of hydrazine groups is 1. The van der Waals surface area contributed by atoms with Crippen LogP contribution >= 0.6 is 23.7 Å². The van der Waals surface area contributed by atoms with Crippen LogP contribution in [0.2, 0.25) is 0 Å². The van der Waals surface area contributed by atoms with Gasteiger partial charge in [0.1, 0.15) is 5.01 Å². The summed E-state index contributed by atoms with van der Waals surface area (Å²) in [6.07, 6.45) is 0.987. The van der Waals surface area contributed by atoms with Crippen LogP contribution in [0.1, 0.15) is 12.5 Å². The molecule has 0 unspecified atom stereocenters. The van der Waals surface area contributed by atoms with Crippen molar-refractivity contribution in [3.8, 4) is 10.6 Å². The largest absolute Gasteiger partial charge is 0.298 e. The van der Waals surface area contributed by atoms with E-state index in [0.717, 1.165) is 17.0 Å². The summed E-state index contributed by atoms with van der Waals surface area (Å²) in [5.41, 5.74) is 4.91. The van der Waals surface area contributed by atoms with Crippen LogP contribution in [-0.2, 0) is 6.42 Å². The van der Waals surface area contributed by atoms with E-state index in [1.54, 1.807) is 0 Å². The van der Waals surface area contributed by atoms with Crippen LogP contribution in [0.15, 0.2) is 24.3 Å². The van der Waals surface area contributed by atoms with Crippen molar-refractivity contribution < 1.29 is 0 Å². The van der Waals surface area contributed by atoms with E-state index in [4.69, 9.17) is 5.84 Å². The molecule has 0 aliphatic carbocycles. The predicted molar refractivity (Wildman–Crippen MR) is 69.8 cm³/mol. The van der Waals surface area contributed by atoms with E-state index in [-0.39, 0.29) is 12.4 Å². The maximum Gasteiger partial charge on any atom is 0.220 e. The minimum atomic E-state index is 0. The van der Waals surface area contributed by atoms with Gasteiger partial charge >= 0.3 is 0 Å². The Bertz CT molecular complexity index is 458. The molecular formula is C10H13ClN4S. The van der Waals surface area contributed by atoms with Gasteiger partial charge < -0.3 is 0 Å². The highest BCUT2D eigenvalue weighted by atomic mass is 35.5. The van der Waals surface area contributed by atoms with Crippen LogP contribution in [0.25, 0.3) is 10.6 Å². The maximum absolute atomic E-state index is 5.27. The quantitative estimate of drug-likeness (QED) is 0.654. The first-order valence-electron chi connectivity index (χ1n) is 4.73. The van der Waals surface area contributed by atoms with Gasteiger partial charge in [-0.15, -0.1) is 22.6 Å². The van der Waals surface area contributed by atoms with Gasteiger partial charge in [-0.2, -0.15) is 0 Å². The number of nitrogens with one attached hydrogen (secondary N) is 1. The highest BCUT2D eigenvalue weighted by Crippen LogP contribution is 2.28. The number of nitrogens with two attached hydrogens (primary N) is 1. The van der Waals surface area contributed by atoms with Crippen molar-refractivity contribution in [2.75, 3.05) is 5.43 Å². The molecule has 2 rings (SSSR count). The molecule has 16 heavy (non-hydrogen) atoms. The van der Waals surface area contributed by atoms with E-state index in [2.05, 4.69) is 34.7 Å². The van der Waals surface area contributed by atoms with Gasteiger partial charge in [0.25, 0.3) is 0 Å². The zero-order valence-corrected chi connectivity index (χ0v) is 10.4. The molecule has 0 spiro atoms. The Balaban J connectivity index is 0.00000128. The Kier molecular flexibility index (Phi) is 4.67. The lowest BCUT2D eigenvalue weighted by Gasteiger charge is -2.02. The number of hydrogen-bond acceptors (Lipinski definition) is 5. The van der Waals surface area contributed by atoms with Crippen LogP contribution in [0.3, 0.4) is 0 Å². The summed E-state index contributed by atoms with van der Waals surface area (Å²) in [7, 11) is 0. The molecule has 0 fully saturated rings. The minimum Gasteiger partial charge on any atom is -0.298 e. The number of nitrogens with zero attached hydrogens (tertiary/aromatic N) is 2. The van der Waals surface area contributed by atoms with E-state index >= 15 is 0 Å².